The number of aryl methyl sites for hydroxylation is 1. The lowest BCUT2D eigenvalue weighted by atomic mass is 9.94. The molecular formula is C13H21N5. The van der Waals surface area contributed by atoms with E-state index in [9.17, 15) is 0 Å². The molecule has 0 spiro atoms. The number of hydrogen-bond acceptors (Lipinski definition) is 4. The number of aromatic nitrogens is 3. The number of nitrogens with two attached hydrogens (primary N) is 1. The second kappa shape index (κ2) is 4.94. The summed E-state index contributed by atoms with van der Waals surface area (Å²) in [5.41, 5.74) is 8.14. The van der Waals surface area contributed by atoms with Gasteiger partial charge in [-0.2, -0.15) is 9.61 Å². The van der Waals surface area contributed by atoms with Gasteiger partial charge in [0.15, 0.2) is 5.65 Å². The van der Waals surface area contributed by atoms with Crippen LogP contribution in [-0.2, 0) is 0 Å². The van der Waals surface area contributed by atoms with Crippen LogP contribution in [0, 0.1) is 6.92 Å². The molecule has 0 saturated carbocycles. The fraction of sp³-hybridized carbons (Fsp3) is 0.538. The van der Waals surface area contributed by atoms with Gasteiger partial charge < -0.3 is 11.1 Å². The predicted octanol–water partition coefficient (Wildman–Crippen LogP) is 1.97. The quantitative estimate of drug-likeness (QED) is 0.847. The maximum absolute atomic E-state index is 6.29. The largest absolute Gasteiger partial charge is 0.368 e. The molecule has 0 bridgehead atoms. The number of rotatable bonds is 5. The van der Waals surface area contributed by atoms with Crippen LogP contribution in [0.25, 0.3) is 5.65 Å². The summed E-state index contributed by atoms with van der Waals surface area (Å²) in [6, 6.07) is 4.07. The van der Waals surface area contributed by atoms with Crippen molar-refractivity contribution < 1.29 is 0 Å². The molecule has 2 rings (SSSR count). The molecule has 3 N–H and O–H groups in total. The van der Waals surface area contributed by atoms with Gasteiger partial charge in [-0.05, 0) is 37.5 Å². The molecule has 98 valence electrons. The van der Waals surface area contributed by atoms with E-state index in [0.717, 1.165) is 36.4 Å². The lowest BCUT2D eigenvalue weighted by Gasteiger charge is -2.27. The summed E-state index contributed by atoms with van der Waals surface area (Å²) < 4.78 is 1.80. The summed E-state index contributed by atoms with van der Waals surface area (Å²) in [4.78, 5) is 4.21. The molecular weight excluding hydrogens is 226 g/mol. The number of fused-ring (bicyclic) bond motifs is 1. The highest BCUT2D eigenvalue weighted by molar-refractivity contribution is 5.51. The Balaban J connectivity index is 2.24. The van der Waals surface area contributed by atoms with E-state index in [0.29, 0.717) is 0 Å². The van der Waals surface area contributed by atoms with E-state index in [2.05, 4.69) is 42.2 Å². The zero-order chi connectivity index (χ0) is 13.2. The first-order valence-electron chi connectivity index (χ1n) is 6.41. The van der Waals surface area contributed by atoms with Crippen molar-refractivity contribution in [2.45, 2.75) is 39.2 Å². The Bertz CT molecular complexity index is 527. The third-order valence-electron chi connectivity index (χ3n) is 3.55. The average Bonchev–Trinajstić information content (AvgIpc) is 2.83. The Kier molecular flexibility index (Phi) is 3.52. The topological polar surface area (TPSA) is 68.2 Å². The molecule has 0 aliphatic carbocycles. The third-order valence-corrected chi connectivity index (χ3v) is 3.55. The Morgan fingerprint density at radius 3 is 2.72 bits per heavy atom. The monoisotopic (exact) mass is 247 g/mol. The van der Waals surface area contributed by atoms with E-state index in [-0.39, 0.29) is 5.54 Å². The fourth-order valence-electron chi connectivity index (χ4n) is 1.95. The van der Waals surface area contributed by atoms with Gasteiger partial charge in [0.1, 0.15) is 12.1 Å². The van der Waals surface area contributed by atoms with Gasteiger partial charge in [-0.25, -0.2) is 4.98 Å². The number of hydrogen-bond donors (Lipinski definition) is 2. The van der Waals surface area contributed by atoms with Crippen molar-refractivity contribution in [3.05, 3.63) is 24.0 Å². The molecule has 0 radical (unpaired) electrons. The van der Waals surface area contributed by atoms with Crippen LogP contribution in [0.3, 0.4) is 0 Å². The average molecular weight is 247 g/mol. The van der Waals surface area contributed by atoms with E-state index in [1.807, 2.05) is 6.07 Å². The minimum atomic E-state index is -0.170. The summed E-state index contributed by atoms with van der Waals surface area (Å²) in [6.07, 6.45) is 3.46. The third kappa shape index (κ3) is 2.46. The van der Waals surface area contributed by atoms with Crippen LogP contribution < -0.4 is 11.1 Å². The molecule has 5 heteroatoms. The summed E-state index contributed by atoms with van der Waals surface area (Å²) in [5.74, 6) is 0.944. The first kappa shape index (κ1) is 12.8. The van der Waals surface area contributed by atoms with Crippen LogP contribution in [0.5, 0.6) is 0 Å². The number of nitrogens with one attached hydrogen (secondary N) is 1. The van der Waals surface area contributed by atoms with Crippen molar-refractivity contribution >= 4 is 11.5 Å². The van der Waals surface area contributed by atoms with Crippen molar-refractivity contribution in [3.63, 3.8) is 0 Å². The molecule has 0 fully saturated rings. The molecule has 0 aromatic carbocycles. The maximum atomic E-state index is 6.29. The Labute approximate surface area is 107 Å². The predicted molar refractivity (Wildman–Crippen MR) is 73.7 cm³/mol. The van der Waals surface area contributed by atoms with E-state index in [1.54, 1.807) is 10.8 Å². The van der Waals surface area contributed by atoms with Crippen LogP contribution in [0.1, 0.15) is 32.3 Å². The van der Waals surface area contributed by atoms with Gasteiger partial charge in [-0.1, -0.05) is 13.8 Å². The van der Waals surface area contributed by atoms with E-state index >= 15 is 0 Å². The maximum Gasteiger partial charge on any atom is 0.157 e. The van der Waals surface area contributed by atoms with Crippen molar-refractivity contribution in [1.82, 2.24) is 14.6 Å². The number of pyridine rings is 1. The second-order valence-corrected chi connectivity index (χ2v) is 4.87. The molecule has 0 aliphatic rings. The van der Waals surface area contributed by atoms with Crippen LogP contribution >= 0.6 is 0 Å². The molecule has 5 nitrogen and oxygen atoms in total. The standard InChI is InChI=1S/C13H21N5/c1-4-13(14,5-2)8-15-11-6-10(3)7-12-16-9-17-18(11)12/h6-7,9,15H,4-5,8,14H2,1-3H3. The first-order valence-corrected chi connectivity index (χ1v) is 6.41. The summed E-state index contributed by atoms with van der Waals surface area (Å²) >= 11 is 0. The minimum Gasteiger partial charge on any atom is -0.368 e. The van der Waals surface area contributed by atoms with E-state index in [1.165, 1.54) is 0 Å². The summed E-state index contributed by atoms with van der Waals surface area (Å²) in [7, 11) is 0. The van der Waals surface area contributed by atoms with Crippen molar-refractivity contribution in [2.24, 2.45) is 5.73 Å². The van der Waals surface area contributed by atoms with Gasteiger partial charge in [-0.3, -0.25) is 0 Å². The molecule has 0 saturated heterocycles. The molecule has 0 amide bonds. The molecule has 0 atom stereocenters. The molecule has 0 aliphatic heterocycles. The van der Waals surface area contributed by atoms with Gasteiger partial charge >= 0.3 is 0 Å². The Hall–Kier alpha value is -1.62. The van der Waals surface area contributed by atoms with Gasteiger partial charge in [-0.15, -0.1) is 0 Å². The van der Waals surface area contributed by atoms with Gasteiger partial charge in [0, 0.05) is 12.1 Å². The summed E-state index contributed by atoms with van der Waals surface area (Å²) in [5, 5.41) is 7.61. The van der Waals surface area contributed by atoms with Crippen LogP contribution in [0.4, 0.5) is 5.82 Å². The minimum absolute atomic E-state index is 0.170. The van der Waals surface area contributed by atoms with Crippen LogP contribution in [0.2, 0.25) is 0 Å². The first-order chi connectivity index (χ1) is 8.58. The lowest BCUT2D eigenvalue weighted by molar-refractivity contribution is 0.417. The van der Waals surface area contributed by atoms with Crippen LogP contribution in [-0.4, -0.2) is 26.7 Å². The highest BCUT2D eigenvalue weighted by atomic mass is 15.3. The SMILES string of the molecule is CCC(N)(CC)CNc1cc(C)cc2ncnn12. The normalized spacial score (nSPS) is 12.0. The fourth-order valence-corrected chi connectivity index (χ4v) is 1.95. The van der Waals surface area contributed by atoms with E-state index < -0.39 is 0 Å². The Morgan fingerprint density at radius 1 is 1.33 bits per heavy atom. The Morgan fingerprint density at radius 2 is 2.06 bits per heavy atom. The highest BCUT2D eigenvalue weighted by Crippen LogP contribution is 2.16. The number of nitrogens with zero attached hydrogens (tertiary/aromatic N) is 3. The smallest absolute Gasteiger partial charge is 0.157 e. The zero-order valence-corrected chi connectivity index (χ0v) is 11.3. The van der Waals surface area contributed by atoms with Gasteiger partial charge in [0.25, 0.3) is 0 Å². The highest BCUT2D eigenvalue weighted by Gasteiger charge is 2.20. The van der Waals surface area contributed by atoms with Crippen LogP contribution in [0.15, 0.2) is 18.5 Å². The van der Waals surface area contributed by atoms with Gasteiger partial charge in [0.05, 0.1) is 0 Å². The van der Waals surface area contributed by atoms with Crippen molar-refractivity contribution in [3.8, 4) is 0 Å². The zero-order valence-electron chi connectivity index (χ0n) is 11.3. The molecule has 18 heavy (non-hydrogen) atoms. The molecule has 2 heterocycles. The number of anilines is 1. The van der Waals surface area contributed by atoms with Gasteiger partial charge in [0.2, 0.25) is 0 Å². The molecule has 0 unspecified atom stereocenters. The summed E-state index contributed by atoms with van der Waals surface area (Å²) in [6.45, 7) is 7.02. The van der Waals surface area contributed by atoms with Crippen molar-refractivity contribution in [2.75, 3.05) is 11.9 Å². The van der Waals surface area contributed by atoms with Crippen molar-refractivity contribution in [1.29, 1.82) is 0 Å². The lowest BCUT2D eigenvalue weighted by Crippen LogP contribution is -2.45. The second-order valence-electron chi connectivity index (χ2n) is 4.87. The molecule has 2 aromatic heterocycles. The van der Waals surface area contributed by atoms with E-state index in [4.69, 9.17) is 5.73 Å². The molecule has 2 aromatic rings.